The molecule has 1 heterocycles. The summed E-state index contributed by atoms with van der Waals surface area (Å²) < 4.78 is 40.7. The number of carbonyl (C=O) groups is 1. The van der Waals surface area contributed by atoms with Gasteiger partial charge in [0.2, 0.25) is 0 Å². The summed E-state index contributed by atoms with van der Waals surface area (Å²) in [5, 5.41) is -1.36. The summed E-state index contributed by atoms with van der Waals surface area (Å²) >= 11 is 1.31. The minimum absolute atomic E-state index is 0.106. The Labute approximate surface area is 148 Å². The van der Waals surface area contributed by atoms with Crippen molar-refractivity contribution in [2.24, 2.45) is 12.0 Å². The first kappa shape index (κ1) is 17.5. The van der Waals surface area contributed by atoms with E-state index < -0.39 is 26.8 Å². The molecule has 3 aromatic rings. The third-order valence-electron chi connectivity index (χ3n) is 3.88. The molecule has 0 spiro atoms. The van der Waals surface area contributed by atoms with Crippen molar-refractivity contribution in [3.63, 3.8) is 0 Å². The molecule has 1 aromatic heterocycles. The summed E-state index contributed by atoms with van der Waals surface area (Å²) in [7, 11) is -2.16. The molecule has 0 aliphatic carbocycles. The van der Waals surface area contributed by atoms with E-state index in [0.29, 0.717) is 4.80 Å². The van der Waals surface area contributed by atoms with Crippen LogP contribution in [0, 0.1) is 5.82 Å². The lowest BCUT2D eigenvalue weighted by molar-refractivity contribution is -0.117. The van der Waals surface area contributed by atoms with Crippen molar-refractivity contribution < 1.29 is 17.6 Å². The maximum atomic E-state index is 13.0. The number of halogens is 1. The Kier molecular flexibility index (Phi) is 4.57. The summed E-state index contributed by atoms with van der Waals surface area (Å²) in [6.07, 6.45) is 0. The van der Waals surface area contributed by atoms with Gasteiger partial charge in [0.25, 0.3) is 5.91 Å². The molecule has 0 N–H and O–H groups in total. The standard InChI is InChI=1S/C17H15FN2O3S2/c1-11(25(22,23)13-9-7-12(18)8-10-13)16(21)19-17-20(2)14-5-3-4-6-15(14)24-17/h3-11H,1-2H3. The lowest BCUT2D eigenvalue weighted by Crippen LogP contribution is -2.28. The van der Waals surface area contributed by atoms with Crippen LogP contribution in [0.1, 0.15) is 6.92 Å². The maximum Gasteiger partial charge on any atom is 0.266 e. The van der Waals surface area contributed by atoms with Crippen LogP contribution in [0.25, 0.3) is 10.2 Å². The summed E-state index contributed by atoms with van der Waals surface area (Å²) in [5.41, 5.74) is 0.910. The average molecular weight is 378 g/mol. The number of aromatic nitrogens is 1. The predicted molar refractivity (Wildman–Crippen MR) is 94.4 cm³/mol. The van der Waals surface area contributed by atoms with Gasteiger partial charge in [0.1, 0.15) is 11.1 Å². The van der Waals surface area contributed by atoms with E-state index in [2.05, 4.69) is 4.99 Å². The molecule has 5 nitrogen and oxygen atoms in total. The van der Waals surface area contributed by atoms with Crippen LogP contribution in [0.5, 0.6) is 0 Å². The molecule has 1 unspecified atom stereocenters. The van der Waals surface area contributed by atoms with E-state index in [9.17, 15) is 17.6 Å². The van der Waals surface area contributed by atoms with Gasteiger partial charge >= 0.3 is 0 Å². The van der Waals surface area contributed by atoms with E-state index in [4.69, 9.17) is 0 Å². The first-order valence-electron chi connectivity index (χ1n) is 7.43. The van der Waals surface area contributed by atoms with Gasteiger partial charge in [0.15, 0.2) is 14.6 Å². The predicted octanol–water partition coefficient (Wildman–Crippen LogP) is 2.67. The van der Waals surface area contributed by atoms with Gasteiger partial charge in [-0.3, -0.25) is 4.79 Å². The fourth-order valence-corrected chi connectivity index (χ4v) is 4.60. The Bertz CT molecular complexity index is 1110. The highest BCUT2D eigenvalue weighted by Crippen LogP contribution is 2.18. The molecule has 0 fully saturated rings. The van der Waals surface area contributed by atoms with Crippen LogP contribution in [0.4, 0.5) is 4.39 Å². The second kappa shape index (κ2) is 6.53. The minimum Gasteiger partial charge on any atom is -0.319 e. The highest BCUT2D eigenvalue weighted by molar-refractivity contribution is 7.92. The molecule has 0 bridgehead atoms. The lowest BCUT2D eigenvalue weighted by Gasteiger charge is -2.09. The van der Waals surface area contributed by atoms with Crippen LogP contribution >= 0.6 is 11.3 Å². The Morgan fingerprint density at radius 2 is 1.80 bits per heavy atom. The van der Waals surface area contributed by atoms with Crippen LogP contribution in [-0.4, -0.2) is 24.1 Å². The van der Waals surface area contributed by atoms with Crippen molar-refractivity contribution >= 4 is 37.3 Å². The van der Waals surface area contributed by atoms with Crippen molar-refractivity contribution in [1.29, 1.82) is 0 Å². The normalized spacial score (nSPS) is 14.0. The number of para-hydroxylation sites is 1. The number of nitrogens with zero attached hydrogens (tertiary/aromatic N) is 2. The number of hydrogen-bond acceptors (Lipinski definition) is 4. The van der Waals surface area contributed by atoms with E-state index in [1.807, 2.05) is 24.3 Å². The monoisotopic (exact) mass is 378 g/mol. The summed E-state index contributed by atoms with van der Waals surface area (Å²) in [5.74, 6) is -1.30. The molecule has 1 atom stereocenters. The van der Waals surface area contributed by atoms with Gasteiger partial charge in [0, 0.05) is 7.05 Å². The van der Waals surface area contributed by atoms with E-state index in [1.54, 1.807) is 11.6 Å². The molecular formula is C17H15FN2O3S2. The Balaban J connectivity index is 1.99. The number of thiazole rings is 1. The second-order valence-corrected chi connectivity index (χ2v) is 8.78. The highest BCUT2D eigenvalue weighted by Gasteiger charge is 2.29. The molecule has 2 aromatic carbocycles. The zero-order chi connectivity index (χ0) is 18.2. The smallest absolute Gasteiger partial charge is 0.266 e. The van der Waals surface area contributed by atoms with Gasteiger partial charge < -0.3 is 4.57 Å². The zero-order valence-corrected chi connectivity index (χ0v) is 15.1. The van der Waals surface area contributed by atoms with Gasteiger partial charge in [-0.2, -0.15) is 4.99 Å². The van der Waals surface area contributed by atoms with Crippen LogP contribution in [0.3, 0.4) is 0 Å². The average Bonchev–Trinajstić information content (AvgIpc) is 2.91. The SMILES string of the molecule is CC(C(=O)N=c1sc2ccccc2n1C)S(=O)(=O)c1ccc(F)cc1. The lowest BCUT2D eigenvalue weighted by atomic mass is 10.3. The van der Waals surface area contributed by atoms with Crippen molar-refractivity contribution in [3.05, 3.63) is 59.1 Å². The number of aryl methyl sites for hydroxylation is 1. The number of hydrogen-bond donors (Lipinski definition) is 0. The molecule has 0 aliphatic rings. The molecule has 0 saturated carbocycles. The quantitative estimate of drug-likeness (QED) is 0.658. The van der Waals surface area contributed by atoms with Crippen LogP contribution in [0.15, 0.2) is 58.4 Å². The van der Waals surface area contributed by atoms with Crippen molar-refractivity contribution in [2.75, 3.05) is 0 Å². The number of rotatable bonds is 3. The maximum absolute atomic E-state index is 13.0. The number of amides is 1. The van der Waals surface area contributed by atoms with Crippen LogP contribution in [0.2, 0.25) is 0 Å². The molecule has 0 radical (unpaired) electrons. The fraction of sp³-hybridized carbons (Fsp3) is 0.176. The molecular weight excluding hydrogens is 363 g/mol. The molecule has 8 heteroatoms. The second-order valence-electron chi connectivity index (χ2n) is 5.50. The van der Waals surface area contributed by atoms with Gasteiger partial charge in [-0.25, -0.2) is 12.8 Å². The molecule has 0 saturated heterocycles. The zero-order valence-electron chi connectivity index (χ0n) is 13.5. The third kappa shape index (κ3) is 3.27. The van der Waals surface area contributed by atoms with Gasteiger partial charge in [-0.15, -0.1) is 0 Å². The van der Waals surface area contributed by atoms with Crippen molar-refractivity contribution in [1.82, 2.24) is 4.57 Å². The Morgan fingerprint density at radius 3 is 2.44 bits per heavy atom. The van der Waals surface area contributed by atoms with Crippen LogP contribution in [-0.2, 0) is 21.7 Å². The van der Waals surface area contributed by atoms with E-state index >= 15 is 0 Å². The van der Waals surface area contributed by atoms with Gasteiger partial charge in [0.05, 0.1) is 15.1 Å². The summed E-state index contributed by atoms with van der Waals surface area (Å²) in [6.45, 7) is 1.29. The number of carbonyl (C=O) groups excluding carboxylic acids is 1. The third-order valence-corrected chi connectivity index (χ3v) is 7.05. The largest absolute Gasteiger partial charge is 0.319 e. The Morgan fingerprint density at radius 1 is 1.16 bits per heavy atom. The molecule has 3 rings (SSSR count). The molecule has 25 heavy (non-hydrogen) atoms. The first-order valence-corrected chi connectivity index (χ1v) is 9.79. The molecule has 130 valence electrons. The van der Waals surface area contributed by atoms with E-state index in [-0.39, 0.29) is 4.90 Å². The van der Waals surface area contributed by atoms with E-state index in [1.165, 1.54) is 18.3 Å². The first-order chi connectivity index (χ1) is 11.8. The number of sulfone groups is 1. The van der Waals surface area contributed by atoms with Crippen molar-refractivity contribution in [3.8, 4) is 0 Å². The molecule has 0 aliphatic heterocycles. The Hall–Kier alpha value is -2.32. The number of fused-ring (bicyclic) bond motifs is 1. The summed E-state index contributed by atoms with van der Waals surface area (Å²) in [4.78, 5) is 16.7. The van der Waals surface area contributed by atoms with Gasteiger partial charge in [-0.05, 0) is 43.3 Å². The van der Waals surface area contributed by atoms with E-state index in [0.717, 1.165) is 34.5 Å². The van der Waals surface area contributed by atoms with Gasteiger partial charge in [-0.1, -0.05) is 23.5 Å². The van der Waals surface area contributed by atoms with Crippen molar-refractivity contribution in [2.45, 2.75) is 17.1 Å². The minimum atomic E-state index is -3.93. The summed E-state index contributed by atoms with van der Waals surface area (Å²) in [6, 6.07) is 12.0. The number of benzene rings is 2. The molecule has 1 amide bonds. The topological polar surface area (TPSA) is 68.5 Å². The van der Waals surface area contributed by atoms with Crippen LogP contribution < -0.4 is 4.80 Å². The fourth-order valence-electron chi connectivity index (χ4n) is 2.33. The highest BCUT2D eigenvalue weighted by atomic mass is 32.2.